The molecule has 3 rings (SSSR count). The highest BCUT2D eigenvalue weighted by Gasteiger charge is 2.25. The van der Waals surface area contributed by atoms with Crippen molar-refractivity contribution in [2.24, 2.45) is 0 Å². The van der Waals surface area contributed by atoms with Crippen LogP contribution in [0.5, 0.6) is 0 Å². The van der Waals surface area contributed by atoms with E-state index >= 15 is 0 Å². The van der Waals surface area contributed by atoms with Crippen molar-refractivity contribution in [3.05, 3.63) is 58.9 Å². The van der Waals surface area contributed by atoms with Crippen molar-refractivity contribution in [3.63, 3.8) is 0 Å². The van der Waals surface area contributed by atoms with Crippen LogP contribution in [0.1, 0.15) is 10.4 Å². The van der Waals surface area contributed by atoms with Gasteiger partial charge in [0.1, 0.15) is 5.82 Å². The van der Waals surface area contributed by atoms with Crippen LogP contribution in [0, 0.1) is 17.1 Å². The SMILES string of the molecule is N#CCSc1ccccc1NC(=O)CN1CCN(C(=O)c2cc(Cl)ccc2F)CC1. The Balaban J connectivity index is 1.52. The molecule has 1 heterocycles. The summed E-state index contributed by atoms with van der Waals surface area (Å²) in [7, 11) is 0. The maximum absolute atomic E-state index is 14.0. The number of nitrogens with one attached hydrogen (secondary N) is 1. The molecular weight excluding hydrogens is 427 g/mol. The molecule has 9 heteroatoms. The number of anilines is 1. The molecule has 0 unspecified atom stereocenters. The molecule has 0 saturated carbocycles. The minimum Gasteiger partial charge on any atom is -0.336 e. The van der Waals surface area contributed by atoms with Gasteiger partial charge in [-0.05, 0) is 30.3 Å². The number of para-hydroxylation sites is 1. The van der Waals surface area contributed by atoms with Crippen LogP contribution >= 0.6 is 23.4 Å². The van der Waals surface area contributed by atoms with Gasteiger partial charge in [-0.2, -0.15) is 5.26 Å². The Kier molecular flexibility index (Phi) is 7.69. The van der Waals surface area contributed by atoms with E-state index in [1.807, 2.05) is 23.1 Å². The van der Waals surface area contributed by atoms with Gasteiger partial charge in [-0.3, -0.25) is 14.5 Å². The zero-order valence-corrected chi connectivity index (χ0v) is 17.7. The third-order valence-electron chi connectivity index (χ3n) is 4.64. The Morgan fingerprint density at radius 1 is 1.17 bits per heavy atom. The van der Waals surface area contributed by atoms with Crippen molar-refractivity contribution in [3.8, 4) is 6.07 Å². The van der Waals surface area contributed by atoms with E-state index in [-0.39, 0.29) is 18.0 Å². The molecule has 1 aliphatic heterocycles. The summed E-state index contributed by atoms with van der Waals surface area (Å²) >= 11 is 7.24. The molecule has 6 nitrogen and oxygen atoms in total. The van der Waals surface area contributed by atoms with E-state index < -0.39 is 11.7 Å². The van der Waals surface area contributed by atoms with Crippen molar-refractivity contribution in [2.75, 3.05) is 43.8 Å². The lowest BCUT2D eigenvalue weighted by Crippen LogP contribution is -2.50. The first-order valence-corrected chi connectivity index (χ1v) is 10.7. The van der Waals surface area contributed by atoms with Gasteiger partial charge in [-0.25, -0.2) is 4.39 Å². The van der Waals surface area contributed by atoms with E-state index in [1.54, 1.807) is 11.0 Å². The summed E-state index contributed by atoms with van der Waals surface area (Å²) in [5.41, 5.74) is 0.633. The lowest BCUT2D eigenvalue weighted by Gasteiger charge is -2.34. The highest BCUT2D eigenvalue weighted by molar-refractivity contribution is 7.99. The largest absolute Gasteiger partial charge is 0.336 e. The molecule has 156 valence electrons. The van der Waals surface area contributed by atoms with E-state index in [0.29, 0.717) is 42.6 Å². The Bertz CT molecular complexity index is 974. The van der Waals surface area contributed by atoms with Crippen molar-refractivity contribution < 1.29 is 14.0 Å². The molecule has 30 heavy (non-hydrogen) atoms. The van der Waals surface area contributed by atoms with E-state index in [1.165, 1.54) is 30.0 Å². The van der Waals surface area contributed by atoms with Gasteiger partial charge in [-0.1, -0.05) is 23.7 Å². The molecule has 1 saturated heterocycles. The highest BCUT2D eigenvalue weighted by atomic mass is 35.5. The molecule has 1 aliphatic rings. The van der Waals surface area contributed by atoms with E-state index in [2.05, 4.69) is 11.4 Å². The van der Waals surface area contributed by atoms with Gasteiger partial charge in [0.05, 0.1) is 29.6 Å². The van der Waals surface area contributed by atoms with Crippen LogP contribution in [0.2, 0.25) is 5.02 Å². The third kappa shape index (κ3) is 5.72. The van der Waals surface area contributed by atoms with Crippen molar-refractivity contribution in [1.82, 2.24) is 9.80 Å². The minimum absolute atomic E-state index is 0.0415. The highest BCUT2D eigenvalue weighted by Crippen LogP contribution is 2.26. The molecular formula is C21H20ClFN4O2S. The molecule has 0 aromatic heterocycles. The van der Waals surface area contributed by atoms with Crippen LogP contribution in [0.3, 0.4) is 0 Å². The smallest absolute Gasteiger partial charge is 0.256 e. The van der Waals surface area contributed by atoms with Crippen LogP contribution in [0.25, 0.3) is 0 Å². The first-order chi connectivity index (χ1) is 14.5. The number of amides is 2. The average Bonchev–Trinajstić information content (AvgIpc) is 2.75. The third-order valence-corrected chi connectivity index (χ3v) is 5.81. The topological polar surface area (TPSA) is 76.4 Å². The predicted molar refractivity (Wildman–Crippen MR) is 115 cm³/mol. The normalized spacial score (nSPS) is 14.2. The Labute approximate surface area is 183 Å². The number of thioether (sulfide) groups is 1. The predicted octanol–water partition coefficient (Wildman–Crippen LogP) is 3.49. The lowest BCUT2D eigenvalue weighted by atomic mass is 10.1. The number of carbonyl (C=O) groups excluding carboxylic acids is 2. The maximum Gasteiger partial charge on any atom is 0.256 e. The Morgan fingerprint density at radius 3 is 2.63 bits per heavy atom. The monoisotopic (exact) mass is 446 g/mol. The summed E-state index contributed by atoms with van der Waals surface area (Å²) < 4.78 is 14.0. The second kappa shape index (κ2) is 10.4. The van der Waals surface area contributed by atoms with Crippen LogP contribution < -0.4 is 5.32 Å². The Morgan fingerprint density at radius 2 is 1.90 bits per heavy atom. The molecule has 2 amide bonds. The zero-order chi connectivity index (χ0) is 21.5. The molecule has 1 fully saturated rings. The first-order valence-electron chi connectivity index (χ1n) is 9.33. The molecule has 2 aromatic carbocycles. The fourth-order valence-electron chi connectivity index (χ4n) is 3.14. The van der Waals surface area contributed by atoms with E-state index in [4.69, 9.17) is 16.9 Å². The van der Waals surface area contributed by atoms with Crippen LogP contribution in [-0.2, 0) is 4.79 Å². The number of benzene rings is 2. The Hall–Kier alpha value is -2.60. The average molecular weight is 447 g/mol. The number of hydrogen-bond acceptors (Lipinski definition) is 5. The van der Waals surface area contributed by atoms with Crippen LogP contribution in [0.15, 0.2) is 47.4 Å². The van der Waals surface area contributed by atoms with Crippen molar-refractivity contribution in [1.29, 1.82) is 5.26 Å². The summed E-state index contributed by atoms with van der Waals surface area (Å²) in [6.45, 7) is 1.99. The number of halogens is 2. The van der Waals surface area contributed by atoms with E-state index in [0.717, 1.165) is 4.90 Å². The minimum atomic E-state index is -0.598. The number of hydrogen-bond donors (Lipinski definition) is 1. The van der Waals surface area contributed by atoms with Crippen molar-refractivity contribution >= 4 is 40.9 Å². The zero-order valence-electron chi connectivity index (χ0n) is 16.1. The fraction of sp³-hybridized carbons (Fsp3) is 0.286. The molecule has 0 bridgehead atoms. The van der Waals surface area contributed by atoms with Crippen LogP contribution in [0.4, 0.5) is 10.1 Å². The lowest BCUT2D eigenvalue weighted by molar-refractivity contribution is -0.117. The van der Waals surface area contributed by atoms with Gasteiger partial charge in [0.15, 0.2) is 0 Å². The second-order valence-electron chi connectivity index (χ2n) is 6.68. The van der Waals surface area contributed by atoms with Gasteiger partial charge in [0, 0.05) is 36.1 Å². The number of piperazine rings is 1. The van der Waals surface area contributed by atoms with Crippen LogP contribution in [-0.4, -0.2) is 60.1 Å². The summed E-state index contributed by atoms with van der Waals surface area (Å²) in [5, 5.41) is 12.0. The summed E-state index contributed by atoms with van der Waals surface area (Å²) in [6, 6.07) is 13.3. The number of rotatable bonds is 6. The molecule has 0 atom stereocenters. The number of carbonyl (C=O) groups is 2. The standard InChI is InChI=1S/C21H20ClFN4O2S/c22-15-5-6-17(23)16(13-15)21(29)27-10-8-26(9-11-27)14-20(28)25-18-3-1-2-4-19(18)30-12-7-24/h1-6,13H,8-12,14H2,(H,25,28). The molecule has 0 radical (unpaired) electrons. The molecule has 0 aliphatic carbocycles. The second-order valence-corrected chi connectivity index (χ2v) is 8.14. The van der Waals surface area contributed by atoms with Gasteiger partial charge in [0.2, 0.25) is 5.91 Å². The molecule has 2 aromatic rings. The summed E-state index contributed by atoms with van der Waals surface area (Å²) in [4.78, 5) is 29.4. The number of nitriles is 1. The first kappa shape index (κ1) is 22.1. The van der Waals surface area contributed by atoms with Gasteiger partial charge < -0.3 is 10.2 Å². The number of nitrogens with zero attached hydrogens (tertiary/aromatic N) is 3. The van der Waals surface area contributed by atoms with Gasteiger partial charge in [0.25, 0.3) is 5.91 Å². The fourth-order valence-corrected chi connectivity index (χ4v) is 3.98. The quantitative estimate of drug-likeness (QED) is 0.687. The van der Waals surface area contributed by atoms with Gasteiger partial charge in [-0.15, -0.1) is 11.8 Å². The van der Waals surface area contributed by atoms with Gasteiger partial charge >= 0.3 is 0 Å². The maximum atomic E-state index is 14.0. The molecule has 0 spiro atoms. The summed E-state index contributed by atoms with van der Waals surface area (Å²) in [6.07, 6.45) is 0. The molecule has 1 N–H and O–H groups in total. The van der Waals surface area contributed by atoms with E-state index in [9.17, 15) is 14.0 Å². The van der Waals surface area contributed by atoms with Crippen molar-refractivity contribution in [2.45, 2.75) is 4.90 Å². The summed E-state index contributed by atoms with van der Waals surface area (Å²) in [5.74, 6) is -0.863.